The Labute approximate surface area is 157 Å². The number of carbonyl (C=O) groups is 2. The molecule has 150 valence electrons. The van der Waals surface area contributed by atoms with Crippen LogP contribution in [0.15, 0.2) is 0 Å². The molecular formula is C20H34O6. The minimum atomic E-state index is -0.858. The molecule has 0 fully saturated rings. The lowest BCUT2D eigenvalue weighted by molar-refractivity contribution is -0.162. The lowest BCUT2D eigenvalue weighted by atomic mass is 10.1. The van der Waals surface area contributed by atoms with Crippen LogP contribution < -0.4 is 0 Å². The maximum absolute atomic E-state index is 11.8. The van der Waals surface area contributed by atoms with Crippen molar-refractivity contribution in [3.8, 4) is 11.8 Å². The first-order chi connectivity index (χ1) is 11.4. The van der Waals surface area contributed by atoms with Gasteiger partial charge in [0.2, 0.25) is 0 Å². The highest BCUT2D eigenvalue weighted by molar-refractivity contribution is 5.98. The van der Waals surface area contributed by atoms with Gasteiger partial charge in [-0.1, -0.05) is 0 Å². The van der Waals surface area contributed by atoms with Gasteiger partial charge in [0.25, 0.3) is 0 Å². The molecule has 0 aliphatic heterocycles. The highest BCUT2D eigenvalue weighted by atomic mass is 16.6. The summed E-state index contributed by atoms with van der Waals surface area (Å²) in [6.07, 6.45) is 0. The maximum atomic E-state index is 11.8. The van der Waals surface area contributed by atoms with E-state index in [-0.39, 0.29) is 24.4 Å². The van der Waals surface area contributed by atoms with E-state index < -0.39 is 23.1 Å². The highest BCUT2D eigenvalue weighted by Crippen LogP contribution is 2.17. The summed E-state index contributed by atoms with van der Waals surface area (Å²) in [5.41, 5.74) is -2.41. The minimum Gasteiger partial charge on any atom is -0.448 e. The van der Waals surface area contributed by atoms with E-state index in [1.807, 2.05) is 41.5 Å². The van der Waals surface area contributed by atoms with Crippen LogP contribution in [0, 0.1) is 11.8 Å². The first-order valence-corrected chi connectivity index (χ1v) is 8.67. The van der Waals surface area contributed by atoms with E-state index in [0.717, 1.165) is 0 Å². The van der Waals surface area contributed by atoms with Crippen LogP contribution >= 0.6 is 0 Å². The molecule has 0 amide bonds. The number of ether oxygens (including phenoxy) is 4. The van der Waals surface area contributed by atoms with Crippen LogP contribution in [0.2, 0.25) is 0 Å². The van der Waals surface area contributed by atoms with Gasteiger partial charge >= 0.3 is 11.9 Å². The third kappa shape index (κ3) is 13.7. The molecule has 0 bridgehead atoms. The van der Waals surface area contributed by atoms with Crippen molar-refractivity contribution in [2.75, 3.05) is 13.2 Å². The van der Waals surface area contributed by atoms with E-state index in [2.05, 4.69) is 11.8 Å². The number of hydrogen-bond acceptors (Lipinski definition) is 6. The zero-order valence-corrected chi connectivity index (χ0v) is 17.9. The predicted molar refractivity (Wildman–Crippen MR) is 99.5 cm³/mol. The third-order valence-corrected chi connectivity index (χ3v) is 2.71. The van der Waals surface area contributed by atoms with Crippen molar-refractivity contribution in [3.05, 3.63) is 0 Å². The van der Waals surface area contributed by atoms with Gasteiger partial charge in [-0.15, -0.1) is 0 Å². The summed E-state index contributed by atoms with van der Waals surface area (Å²) in [4.78, 5) is 23.7. The van der Waals surface area contributed by atoms with Gasteiger partial charge in [0.15, 0.2) is 0 Å². The molecule has 0 aromatic carbocycles. The van der Waals surface area contributed by atoms with Gasteiger partial charge in [0.1, 0.15) is 11.2 Å². The molecule has 6 nitrogen and oxygen atoms in total. The largest absolute Gasteiger partial charge is 0.448 e. The van der Waals surface area contributed by atoms with Crippen LogP contribution in [-0.2, 0) is 28.5 Å². The Morgan fingerprint density at radius 2 is 0.885 bits per heavy atom. The lowest BCUT2D eigenvalue weighted by Gasteiger charge is -2.29. The molecule has 0 aromatic rings. The zero-order valence-electron chi connectivity index (χ0n) is 17.9. The van der Waals surface area contributed by atoms with Crippen molar-refractivity contribution in [1.82, 2.24) is 0 Å². The Morgan fingerprint density at radius 3 is 1.12 bits per heavy atom. The van der Waals surface area contributed by atoms with E-state index in [9.17, 15) is 9.59 Å². The Hall–Kier alpha value is -1.58. The van der Waals surface area contributed by atoms with Gasteiger partial charge in [-0.25, -0.2) is 9.59 Å². The van der Waals surface area contributed by atoms with E-state index in [4.69, 9.17) is 18.9 Å². The van der Waals surface area contributed by atoms with Gasteiger partial charge in [0, 0.05) is 11.8 Å². The summed E-state index contributed by atoms with van der Waals surface area (Å²) in [6, 6.07) is 0. The average Bonchev–Trinajstić information content (AvgIpc) is 2.39. The second-order valence-corrected chi connectivity index (χ2v) is 9.35. The Bertz CT molecular complexity index is 502. The molecule has 0 aromatic heterocycles. The second-order valence-electron chi connectivity index (χ2n) is 9.35. The number of esters is 2. The smallest absolute Gasteiger partial charge is 0.385 e. The van der Waals surface area contributed by atoms with Crippen LogP contribution in [0.5, 0.6) is 0 Å². The molecule has 0 radical (unpaired) electrons. The summed E-state index contributed by atoms with van der Waals surface area (Å²) >= 11 is 0. The molecule has 0 saturated heterocycles. The number of carbonyl (C=O) groups excluding carboxylic acids is 2. The van der Waals surface area contributed by atoms with Crippen LogP contribution in [0.1, 0.15) is 69.2 Å². The van der Waals surface area contributed by atoms with Crippen LogP contribution in [0.25, 0.3) is 0 Å². The molecule has 0 atom stereocenters. The van der Waals surface area contributed by atoms with Gasteiger partial charge in [-0.3, -0.25) is 0 Å². The molecule has 0 heterocycles. The van der Waals surface area contributed by atoms with Crippen molar-refractivity contribution in [2.45, 2.75) is 91.6 Å². The summed E-state index contributed by atoms with van der Waals surface area (Å²) in [6.45, 7) is 18.7. The van der Waals surface area contributed by atoms with Crippen molar-refractivity contribution < 1.29 is 28.5 Å². The second kappa shape index (κ2) is 8.88. The lowest BCUT2D eigenvalue weighted by Crippen LogP contribution is -2.37. The van der Waals surface area contributed by atoms with Gasteiger partial charge < -0.3 is 18.9 Å². The van der Waals surface area contributed by atoms with E-state index in [1.165, 1.54) is 0 Å². The molecule has 0 saturated carbocycles. The molecule has 0 aliphatic carbocycles. The SMILES string of the molecule is CC(C)(C)OCC(C)(C)OC(=O)C#CC(=O)OC(C)(C)COC(C)(C)C. The molecule has 0 N–H and O–H groups in total. The van der Waals surface area contributed by atoms with Crippen LogP contribution in [-0.4, -0.2) is 47.6 Å². The fourth-order valence-electron chi connectivity index (χ4n) is 1.49. The van der Waals surface area contributed by atoms with Crippen LogP contribution in [0.3, 0.4) is 0 Å². The number of hydrogen-bond donors (Lipinski definition) is 0. The third-order valence-electron chi connectivity index (χ3n) is 2.71. The minimum absolute atomic E-state index is 0.214. The van der Waals surface area contributed by atoms with Crippen molar-refractivity contribution >= 4 is 11.9 Å². The monoisotopic (exact) mass is 370 g/mol. The first kappa shape index (κ1) is 24.4. The topological polar surface area (TPSA) is 71.1 Å². The highest BCUT2D eigenvalue weighted by Gasteiger charge is 2.27. The summed E-state index contributed by atoms with van der Waals surface area (Å²) < 4.78 is 21.7. The molecule has 26 heavy (non-hydrogen) atoms. The van der Waals surface area contributed by atoms with E-state index in [1.54, 1.807) is 27.7 Å². The van der Waals surface area contributed by atoms with E-state index in [0.29, 0.717) is 0 Å². The maximum Gasteiger partial charge on any atom is 0.385 e. The molecule has 0 aliphatic rings. The molecule has 6 heteroatoms. The summed E-state index contributed by atoms with van der Waals surface area (Å²) in [7, 11) is 0. The Kier molecular flexibility index (Phi) is 8.34. The Balaban J connectivity index is 4.59. The van der Waals surface area contributed by atoms with E-state index >= 15 is 0 Å². The van der Waals surface area contributed by atoms with Gasteiger partial charge in [-0.05, 0) is 69.2 Å². The molecule has 0 spiro atoms. The quantitative estimate of drug-likeness (QED) is 0.406. The van der Waals surface area contributed by atoms with Crippen molar-refractivity contribution in [1.29, 1.82) is 0 Å². The van der Waals surface area contributed by atoms with Crippen molar-refractivity contribution in [2.24, 2.45) is 0 Å². The summed E-state index contributed by atoms with van der Waals surface area (Å²) in [5.74, 6) is 2.67. The first-order valence-electron chi connectivity index (χ1n) is 8.67. The summed E-state index contributed by atoms with van der Waals surface area (Å²) in [5, 5.41) is 0. The number of rotatable bonds is 6. The average molecular weight is 370 g/mol. The predicted octanol–water partition coefficient (Wildman–Crippen LogP) is 3.26. The zero-order chi connectivity index (χ0) is 20.8. The molecule has 0 unspecified atom stereocenters. The van der Waals surface area contributed by atoms with Crippen LogP contribution in [0.4, 0.5) is 0 Å². The standard InChI is InChI=1S/C20H34O6/c1-17(2,3)23-13-19(7,8)25-15(21)11-12-16(22)26-20(9,10)14-24-18(4,5)6/h13-14H2,1-10H3. The Morgan fingerprint density at radius 1 is 0.615 bits per heavy atom. The fraction of sp³-hybridized carbons (Fsp3) is 0.800. The molecular weight excluding hydrogens is 336 g/mol. The molecule has 0 rings (SSSR count). The van der Waals surface area contributed by atoms with Gasteiger partial charge in [-0.2, -0.15) is 0 Å². The van der Waals surface area contributed by atoms with Crippen molar-refractivity contribution in [3.63, 3.8) is 0 Å². The normalized spacial score (nSPS) is 12.8. The fourth-order valence-corrected chi connectivity index (χ4v) is 1.49. The van der Waals surface area contributed by atoms with Gasteiger partial charge in [0.05, 0.1) is 24.4 Å².